The number of rotatable bonds is 3. The lowest BCUT2D eigenvalue weighted by Crippen LogP contribution is -2.31. The SMILES string of the molecule is CC(C)(C)c1ccc(-c2nc3ccc4ccccc4c3c3c2CN(Cc2ccccc2)CC3)cc1. The maximum atomic E-state index is 5.32. The predicted octanol–water partition coefficient (Wildman–Crippen LogP) is 7.91. The van der Waals surface area contributed by atoms with Crippen LogP contribution in [0.25, 0.3) is 32.9 Å². The number of hydrogen-bond donors (Lipinski definition) is 0. The van der Waals surface area contributed by atoms with Gasteiger partial charge in [-0.2, -0.15) is 0 Å². The number of benzene rings is 4. The van der Waals surface area contributed by atoms with Crippen LogP contribution < -0.4 is 0 Å². The topological polar surface area (TPSA) is 16.1 Å². The van der Waals surface area contributed by atoms with Gasteiger partial charge in [-0.15, -0.1) is 0 Å². The van der Waals surface area contributed by atoms with E-state index in [1.54, 1.807) is 0 Å². The Labute approximate surface area is 208 Å². The summed E-state index contributed by atoms with van der Waals surface area (Å²) in [6, 6.07) is 33.1. The molecule has 2 nitrogen and oxygen atoms in total. The van der Waals surface area contributed by atoms with Gasteiger partial charge in [-0.25, -0.2) is 4.98 Å². The number of hydrogen-bond acceptors (Lipinski definition) is 2. The summed E-state index contributed by atoms with van der Waals surface area (Å²) in [4.78, 5) is 7.89. The minimum atomic E-state index is 0.139. The smallest absolute Gasteiger partial charge is 0.0757 e. The molecule has 0 N–H and O–H groups in total. The van der Waals surface area contributed by atoms with E-state index in [1.807, 2.05) is 0 Å². The van der Waals surface area contributed by atoms with Gasteiger partial charge in [0.15, 0.2) is 0 Å². The van der Waals surface area contributed by atoms with Crippen LogP contribution in [0.2, 0.25) is 0 Å². The molecule has 0 unspecified atom stereocenters. The molecule has 1 aliphatic heterocycles. The van der Waals surface area contributed by atoms with Crippen molar-refractivity contribution in [3.05, 3.63) is 113 Å². The van der Waals surface area contributed by atoms with Crippen LogP contribution >= 0.6 is 0 Å². The number of nitrogens with zero attached hydrogens (tertiary/aromatic N) is 2. The fraction of sp³-hybridized carbons (Fsp3) is 0.242. The van der Waals surface area contributed by atoms with E-state index in [1.165, 1.54) is 44.0 Å². The number of pyridine rings is 1. The molecule has 1 aromatic heterocycles. The zero-order valence-corrected chi connectivity index (χ0v) is 20.9. The normalized spacial score (nSPS) is 14.4. The highest BCUT2D eigenvalue weighted by molar-refractivity contribution is 6.09. The first kappa shape index (κ1) is 22.0. The molecular weight excluding hydrogens is 424 g/mol. The molecule has 35 heavy (non-hydrogen) atoms. The molecule has 0 spiro atoms. The molecule has 0 amide bonds. The van der Waals surface area contributed by atoms with Crippen molar-refractivity contribution in [2.45, 2.75) is 45.7 Å². The number of fused-ring (bicyclic) bond motifs is 5. The molecule has 0 saturated carbocycles. The molecule has 0 radical (unpaired) electrons. The van der Waals surface area contributed by atoms with Gasteiger partial charge < -0.3 is 0 Å². The third-order valence-electron chi connectivity index (χ3n) is 7.42. The monoisotopic (exact) mass is 456 g/mol. The Morgan fingerprint density at radius 3 is 2.29 bits per heavy atom. The molecule has 5 aromatic rings. The predicted molar refractivity (Wildman–Crippen MR) is 148 cm³/mol. The lowest BCUT2D eigenvalue weighted by Gasteiger charge is -2.31. The lowest BCUT2D eigenvalue weighted by atomic mass is 9.85. The van der Waals surface area contributed by atoms with Gasteiger partial charge in [-0.3, -0.25) is 4.90 Å². The van der Waals surface area contributed by atoms with Gasteiger partial charge in [0, 0.05) is 30.6 Å². The van der Waals surface area contributed by atoms with E-state index < -0.39 is 0 Å². The van der Waals surface area contributed by atoms with E-state index in [0.717, 1.165) is 37.3 Å². The van der Waals surface area contributed by atoms with Crippen molar-refractivity contribution in [1.29, 1.82) is 0 Å². The van der Waals surface area contributed by atoms with Crippen LogP contribution in [0.4, 0.5) is 0 Å². The van der Waals surface area contributed by atoms with Crippen LogP contribution in [0.3, 0.4) is 0 Å². The van der Waals surface area contributed by atoms with Crippen LogP contribution in [0.5, 0.6) is 0 Å². The second-order valence-corrected chi connectivity index (χ2v) is 10.9. The highest BCUT2D eigenvalue weighted by atomic mass is 15.1. The molecule has 0 fully saturated rings. The fourth-order valence-electron chi connectivity index (χ4n) is 5.51. The van der Waals surface area contributed by atoms with Gasteiger partial charge in [0.05, 0.1) is 11.2 Å². The van der Waals surface area contributed by atoms with Gasteiger partial charge >= 0.3 is 0 Å². The van der Waals surface area contributed by atoms with Crippen LogP contribution in [0, 0.1) is 0 Å². The Bertz CT molecular complexity index is 1510. The Kier molecular flexibility index (Phi) is 5.42. The summed E-state index contributed by atoms with van der Waals surface area (Å²) in [6.07, 6.45) is 1.04. The molecule has 0 saturated heterocycles. The molecule has 0 bridgehead atoms. The third-order valence-corrected chi connectivity index (χ3v) is 7.42. The van der Waals surface area contributed by atoms with E-state index in [2.05, 4.69) is 117 Å². The van der Waals surface area contributed by atoms with E-state index in [9.17, 15) is 0 Å². The molecule has 1 aliphatic rings. The van der Waals surface area contributed by atoms with Crippen molar-refractivity contribution in [2.24, 2.45) is 0 Å². The highest BCUT2D eigenvalue weighted by Gasteiger charge is 2.25. The summed E-state index contributed by atoms with van der Waals surface area (Å²) in [5.41, 5.74) is 9.19. The van der Waals surface area contributed by atoms with Crippen molar-refractivity contribution in [2.75, 3.05) is 6.54 Å². The Hall–Kier alpha value is -3.49. The third kappa shape index (κ3) is 4.13. The summed E-state index contributed by atoms with van der Waals surface area (Å²) < 4.78 is 0. The van der Waals surface area contributed by atoms with E-state index >= 15 is 0 Å². The quantitative estimate of drug-likeness (QED) is 0.256. The molecule has 2 heteroatoms. The number of aromatic nitrogens is 1. The highest BCUT2D eigenvalue weighted by Crippen LogP contribution is 2.38. The largest absolute Gasteiger partial charge is 0.294 e. The molecule has 6 rings (SSSR count). The first-order valence-electron chi connectivity index (χ1n) is 12.7. The van der Waals surface area contributed by atoms with Crippen molar-refractivity contribution in [1.82, 2.24) is 9.88 Å². The van der Waals surface area contributed by atoms with Crippen molar-refractivity contribution >= 4 is 21.7 Å². The van der Waals surface area contributed by atoms with Crippen LogP contribution in [-0.2, 0) is 24.9 Å². The summed E-state index contributed by atoms with van der Waals surface area (Å²) in [7, 11) is 0. The van der Waals surface area contributed by atoms with Gasteiger partial charge in [0.1, 0.15) is 0 Å². The second kappa shape index (κ2) is 8.62. The van der Waals surface area contributed by atoms with Gasteiger partial charge in [0.25, 0.3) is 0 Å². The average molecular weight is 457 g/mol. The summed E-state index contributed by atoms with van der Waals surface area (Å²) in [5.74, 6) is 0. The molecule has 0 atom stereocenters. The van der Waals surface area contributed by atoms with Gasteiger partial charge in [0.2, 0.25) is 0 Å². The van der Waals surface area contributed by atoms with Gasteiger partial charge in [-0.05, 0) is 50.9 Å². The fourth-order valence-corrected chi connectivity index (χ4v) is 5.51. The molecule has 0 aliphatic carbocycles. The molecule has 174 valence electrons. The first-order chi connectivity index (χ1) is 17.0. The first-order valence-corrected chi connectivity index (χ1v) is 12.7. The minimum Gasteiger partial charge on any atom is -0.294 e. The van der Waals surface area contributed by atoms with Crippen molar-refractivity contribution in [3.63, 3.8) is 0 Å². The zero-order chi connectivity index (χ0) is 24.0. The van der Waals surface area contributed by atoms with E-state index in [4.69, 9.17) is 4.98 Å². The Morgan fingerprint density at radius 1 is 0.771 bits per heavy atom. The summed E-state index contributed by atoms with van der Waals surface area (Å²) in [6.45, 7) is 9.76. The average Bonchev–Trinajstić information content (AvgIpc) is 2.88. The minimum absolute atomic E-state index is 0.139. The van der Waals surface area contributed by atoms with Crippen molar-refractivity contribution < 1.29 is 0 Å². The van der Waals surface area contributed by atoms with Gasteiger partial charge in [-0.1, -0.05) is 106 Å². The summed E-state index contributed by atoms with van der Waals surface area (Å²) in [5, 5.41) is 3.95. The zero-order valence-electron chi connectivity index (χ0n) is 20.9. The van der Waals surface area contributed by atoms with E-state index in [0.29, 0.717) is 0 Å². The van der Waals surface area contributed by atoms with E-state index in [-0.39, 0.29) is 5.41 Å². The molecular formula is C33H32N2. The summed E-state index contributed by atoms with van der Waals surface area (Å²) >= 11 is 0. The maximum Gasteiger partial charge on any atom is 0.0757 e. The Balaban J connectivity index is 1.52. The van der Waals surface area contributed by atoms with Crippen LogP contribution in [-0.4, -0.2) is 16.4 Å². The Morgan fingerprint density at radius 2 is 1.51 bits per heavy atom. The standard InChI is InChI=1S/C33H32N2/c1-33(2,3)26-16-13-25(14-17-26)32-29-22-35(21-23-9-5-4-6-10-23)20-19-28(29)31-27-12-8-7-11-24(27)15-18-30(31)34-32/h4-18H,19-22H2,1-3H3. The maximum absolute atomic E-state index is 5.32. The van der Waals surface area contributed by atoms with Crippen molar-refractivity contribution in [3.8, 4) is 11.3 Å². The lowest BCUT2D eigenvalue weighted by molar-refractivity contribution is 0.246. The molecule has 4 aromatic carbocycles. The van der Waals surface area contributed by atoms with Crippen LogP contribution in [0.1, 0.15) is 43.0 Å². The molecule has 2 heterocycles. The second-order valence-electron chi connectivity index (χ2n) is 10.9. The van der Waals surface area contributed by atoms with Crippen LogP contribution in [0.15, 0.2) is 91.0 Å².